The lowest BCUT2D eigenvalue weighted by atomic mass is 10.1. The number of aromatic nitrogens is 1. The molecule has 134 valence electrons. The van der Waals surface area contributed by atoms with Crippen molar-refractivity contribution in [3.05, 3.63) is 64.8 Å². The van der Waals surface area contributed by atoms with Gasteiger partial charge >= 0.3 is 5.97 Å². The quantitative estimate of drug-likeness (QED) is 0.540. The molecule has 0 amide bonds. The molecule has 0 aliphatic rings. The lowest BCUT2D eigenvalue weighted by Crippen LogP contribution is -2.20. The largest absolute Gasteiger partial charge is 0.482 e. The second-order valence-corrected chi connectivity index (χ2v) is 6.24. The minimum atomic E-state index is -0.572. The Balaban J connectivity index is 1.59. The van der Waals surface area contributed by atoms with Crippen molar-refractivity contribution >= 4 is 22.7 Å². The van der Waals surface area contributed by atoms with E-state index in [9.17, 15) is 9.59 Å². The van der Waals surface area contributed by atoms with Gasteiger partial charge in [0.25, 0.3) is 0 Å². The summed E-state index contributed by atoms with van der Waals surface area (Å²) in [4.78, 5) is 27.6. The molecule has 1 N–H and O–H groups in total. The summed E-state index contributed by atoms with van der Waals surface area (Å²) in [5.41, 5.74) is 4.27. The molecule has 1 aromatic heterocycles. The first-order valence-corrected chi connectivity index (χ1v) is 8.42. The Morgan fingerprint density at radius 2 is 1.73 bits per heavy atom. The van der Waals surface area contributed by atoms with Crippen LogP contribution in [0.25, 0.3) is 10.9 Å². The third-order valence-electron chi connectivity index (χ3n) is 4.44. The molecule has 1 heterocycles. The molecule has 0 fully saturated rings. The Labute approximate surface area is 151 Å². The van der Waals surface area contributed by atoms with Gasteiger partial charge in [-0.2, -0.15) is 0 Å². The van der Waals surface area contributed by atoms with Gasteiger partial charge in [0, 0.05) is 22.2 Å². The van der Waals surface area contributed by atoms with Gasteiger partial charge in [0.2, 0.25) is 5.78 Å². The van der Waals surface area contributed by atoms with E-state index in [0.29, 0.717) is 11.3 Å². The number of fused-ring (bicyclic) bond motifs is 1. The van der Waals surface area contributed by atoms with E-state index < -0.39 is 5.97 Å². The predicted molar refractivity (Wildman–Crippen MR) is 99.7 cm³/mol. The van der Waals surface area contributed by atoms with Crippen LogP contribution < -0.4 is 4.74 Å². The molecule has 0 radical (unpaired) electrons. The van der Waals surface area contributed by atoms with Gasteiger partial charge in [-0.1, -0.05) is 30.3 Å². The zero-order chi connectivity index (χ0) is 18.7. The zero-order valence-electron chi connectivity index (χ0n) is 15.1. The van der Waals surface area contributed by atoms with E-state index in [1.807, 2.05) is 57.2 Å². The fraction of sp³-hybridized carbons (Fsp3) is 0.238. The number of Topliss-reactive ketones (excluding diaryl/α,β-unsaturated/α-hetero) is 1. The number of esters is 1. The Morgan fingerprint density at radius 1 is 0.962 bits per heavy atom. The van der Waals surface area contributed by atoms with Crippen molar-refractivity contribution in [2.75, 3.05) is 13.2 Å². The predicted octanol–water partition coefficient (Wildman–Crippen LogP) is 3.90. The first-order chi connectivity index (χ1) is 12.5. The Hall–Kier alpha value is -3.08. The van der Waals surface area contributed by atoms with Gasteiger partial charge in [-0.15, -0.1) is 0 Å². The maximum atomic E-state index is 12.5. The highest BCUT2D eigenvalue weighted by Crippen LogP contribution is 2.23. The summed E-state index contributed by atoms with van der Waals surface area (Å²) in [6.45, 7) is 5.20. The summed E-state index contributed by atoms with van der Waals surface area (Å²) >= 11 is 0. The number of rotatable bonds is 6. The second-order valence-electron chi connectivity index (χ2n) is 6.24. The van der Waals surface area contributed by atoms with Crippen LogP contribution in [0.4, 0.5) is 0 Å². The fourth-order valence-corrected chi connectivity index (χ4v) is 2.91. The minimum Gasteiger partial charge on any atom is -0.482 e. The third kappa shape index (κ3) is 3.61. The number of H-pyrrole nitrogens is 1. The van der Waals surface area contributed by atoms with Gasteiger partial charge in [0.05, 0.1) is 0 Å². The maximum Gasteiger partial charge on any atom is 0.344 e. The van der Waals surface area contributed by atoms with E-state index in [2.05, 4.69) is 4.98 Å². The number of ketones is 1. The molecular weight excluding hydrogens is 330 g/mol. The van der Waals surface area contributed by atoms with Crippen molar-refractivity contribution in [3.63, 3.8) is 0 Å². The average Bonchev–Trinajstić information content (AvgIpc) is 2.96. The SMILES string of the molecule is Cc1cccc(OCC(=O)OCC(=O)c2c(C)[nH]c3ccccc23)c1C. The lowest BCUT2D eigenvalue weighted by Gasteiger charge is -2.10. The van der Waals surface area contributed by atoms with Crippen LogP contribution in [-0.4, -0.2) is 30.0 Å². The smallest absolute Gasteiger partial charge is 0.344 e. The van der Waals surface area contributed by atoms with Crippen molar-refractivity contribution in [2.24, 2.45) is 0 Å². The highest BCUT2D eigenvalue weighted by molar-refractivity contribution is 6.10. The lowest BCUT2D eigenvalue weighted by molar-refractivity contribution is -0.144. The number of hydrogen-bond acceptors (Lipinski definition) is 4. The summed E-state index contributed by atoms with van der Waals surface area (Å²) in [6.07, 6.45) is 0. The molecule has 0 aliphatic heterocycles. The van der Waals surface area contributed by atoms with Crippen LogP contribution in [0.2, 0.25) is 0 Å². The van der Waals surface area contributed by atoms with Crippen LogP contribution in [-0.2, 0) is 9.53 Å². The maximum absolute atomic E-state index is 12.5. The topological polar surface area (TPSA) is 68.4 Å². The number of nitrogens with one attached hydrogen (secondary N) is 1. The van der Waals surface area contributed by atoms with Crippen molar-refractivity contribution < 1.29 is 19.1 Å². The van der Waals surface area contributed by atoms with E-state index in [1.165, 1.54) is 0 Å². The number of aromatic amines is 1. The Kier molecular flexibility index (Phi) is 5.07. The molecule has 5 nitrogen and oxygen atoms in total. The van der Waals surface area contributed by atoms with Gasteiger partial charge < -0.3 is 14.5 Å². The second kappa shape index (κ2) is 7.44. The van der Waals surface area contributed by atoms with E-state index in [1.54, 1.807) is 6.07 Å². The number of carbonyl (C=O) groups is 2. The van der Waals surface area contributed by atoms with Crippen LogP contribution in [0.5, 0.6) is 5.75 Å². The molecule has 5 heteroatoms. The molecule has 0 atom stereocenters. The first kappa shape index (κ1) is 17.7. The van der Waals surface area contributed by atoms with Gasteiger partial charge in [-0.25, -0.2) is 4.79 Å². The normalized spacial score (nSPS) is 10.7. The van der Waals surface area contributed by atoms with E-state index in [0.717, 1.165) is 27.7 Å². The molecule has 26 heavy (non-hydrogen) atoms. The van der Waals surface area contributed by atoms with E-state index in [-0.39, 0.29) is 19.0 Å². The van der Waals surface area contributed by atoms with Crippen molar-refractivity contribution in [1.82, 2.24) is 4.98 Å². The van der Waals surface area contributed by atoms with Crippen LogP contribution in [0.15, 0.2) is 42.5 Å². The summed E-state index contributed by atoms with van der Waals surface area (Å²) < 4.78 is 10.6. The molecule has 0 bridgehead atoms. The summed E-state index contributed by atoms with van der Waals surface area (Å²) in [5.74, 6) is -0.169. The molecule has 2 aromatic carbocycles. The van der Waals surface area contributed by atoms with Crippen LogP contribution in [0, 0.1) is 20.8 Å². The molecule has 3 aromatic rings. The number of carbonyl (C=O) groups excluding carboxylic acids is 2. The fourth-order valence-electron chi connectivity index (χ4n) is 2.91. The number of hydrogen-bond donors (Lipinski definition) is 1. The highest BCUT2D eigenvalue weighted by Gasteiger charge is 2.17. The van der Waals surface area contributed by atoms with Crippen molar-refractivity contribution in [1.29, 1.82) is 0 Å². The Morgan fingerprint density at radius 3 is 2.54 bits per heavy atom. The summed E-state index contributed by atoms with van der Waals surface area (Å²) in [7, 11) is 0. The summed E-state index contributed by atoms with van der Waals surface area (Å²) in [6, 6.07) is 13.2. The van der Waals surface area contributed by atoms with Crippen LogP contribution in [0.1, 0.15) is 27.2 Å². The van der Waals surface area contributed by atoms with E-state index >= 15 is 0 Å². The van der Waals surface area contributed by atoms with Crippen LogP contribution in [0.3, 0.4) is 0 Å². The Bertz CT molecular complexity index is 971. The van der Waals surface area contributed by atoms with Gasteiger partial charge in [-0.05, 0) is 44.0 Å². The number of ether oxygens (including phenoxy) is 2. The number of benzene rings is 2. The number of para-hydroxylation sites is 1. The highest BCUT2D eigenvalue weighted by atomic mass is 16.6. The van der Waals surface area contributed by atoms with E-state index in [4.69, 9.17) is 9.47 Å². The molecule has 0 spiro atoms. The standard InChI is InChI=1S/C21H21NO4/c1-13-7-6-10-19(14(13)2)25-12-20(24)26-11-18(23)21-15(3)22-17-9-5-4-8-16(17)21/h4-10,22H,11-12H2,1-3H3. The molecule has 0 saturated carbocycles. The summed E-state index contributed by atoms with van der Waals surface area (Å²) in [5, 5.41) is 0.831. The number of aryl methyl sites for hydroxylation is 2. The van der Waals surface area contributed by atoms with Gasteiger partial charge in [0.15, 0.2) is 13.2 Å². The zero-order valence-corrected chi connectivity index (χ0v) is 15.1. The monoisotopic (exact) mass is 351 g/mol. The molecule has 3 rings (SSSR count). The van der Waals surface area contributed by atoms with Gasteiger partial charge in [-0.3, -0.25) is 4.79 Å². The third-order valence-corrected chi connectivity index (χ3v) is 4.44. The van der Waals surface area contributed by atoms with Crippen molar-refractivity contribution in [2.45, 2.75) is 20.8 Å². The molecule has 0 saturated heterocycles. The molecular formula is C21H21NO4. The molecule has 0 unspecified atom stereocenters. The first-order valence-electron chi connectivity index (χ1n) is 8.42. The van der Waals surface area contributed by atoms with Crippen molar-refractivity contribution in [3.8, 4) is 5.75 Å². The van der Waals surface area contributed by atoms with Crippen LogP contribution >= 0.6 is 0 Å². The average molecular weight is 351 g/mol. The molecule has 0 aliphatic carbocycles. The minimum absolute atomic E-state index is 0.232. The van der Waals surface area contributed by atoms with Gasteiger partial charge in [0.1, 0.15) is 5.75 Å².